The Balaban J connectivity index is 1.97. The maximum atomic E-state index is 12.1. The van der Waals surface area contributed by atoms with Gasteiger partial charge in [0.2, 0.25) is 11.1 Å². The summed E-state index contributed by atoms with van der Waals surface area (Å²) in [4.78, 5) is 28.0. The summed E-state index contributed by atoms with van der Waals surface area (Å²) in [5.74, 6) is 0.587. The van der Waals surface area contributed by atoms with Crippen molar-refractivity contribution in [2.24, 2.45) is 0 Å². The second-order valence-electron chi connectivity index (χ2n) is 5.52. The Bertz CT molecular complexity index is 743. The number of thioether (sulfide) groups is 1. The van der Waals surface area contributed by atoms with Crippen molar-refractivity contribution in [3.8, 4) is 0 Å². The second kappa shape index (κ2) is 7.96. The number of carbonyl (C=O) groups excluding carboxylic acids is 2. The number of anilines is 1. The van der Waals surface area contributed by atoms with Crippen molar-refractivity contribution in [1.82, 2.24) is 15.2 Å². The zero-order chi connectivity index (χ0) is 17.7. The minimum atomic E-state index is -0.443. The molecule has 1 amide bonds. The molecule has 0 saturated heterocycles. The Morgan fingerprint density at radius 2 is 2.12 bits per heavy atom. The lowest BCUT2D eigenvalue weighted by molar-refractivity contribution is -0.113. The van der Waals surface area contributed by atoms with E-state index in [2.05, 4.69) is 25.2 Å². The van der Waals surface area contributed by atoms with Gasteiger partial charge >= 0.3 is 5.97 Å². The second-order valence-corrected chi connectivity index (χ2v) is 6.46. The van der Waals surface area contributed by atoms with E-state index in [4.69, 9.17) is 0 Å². The molecule has 8 heteroatoms. The molecule has 7 nitrogen and oxygen atoms in total. The van der Waals surface area contributed by atoms with Crippen molar-refractivity contribution in [2.45, 2.75) is 31.8 Å². The van der Waals surface area contributed by atoms with Gasteiger partial charge in [0.05, 0.1) is 18.4 Å². The molecule has 2 N–H and O–H groups in total. The number of carbonyl (C=O) groups is 2. The number of hydrogen-bond donors (Lipinski definition) is 2. The summed E-state index contributed by atoms with van der Waals surface area (Å²) < 4.78 is 4.69. The smallest absolute Gasteiger partial charge is 0.337 e. The highest BCUT2D eigenvalue weighted by atomic mass is 32.2. The number of methoxy groups -OCH3 is 1. The van der Waals surface area contributed by atoms with Crippen LogP contribution in [0.5, 0.6) is 0 Å². The lowest BCUT2D eigenvalue weighted by atomic mass is 10.1. The Morgan fingerprint density at radius 1 is 1.38 bits per heavy atom. The number of aromatic nitrogens is 3. The van der Waals surface area contributed by atoms with Crippen LogP contribution in [-0.4, -0.2) is 39.9 Å². The first-order valence-corrected chi connectivity index (χ1v) is 8.43. The number of ether oxygens (including phenoxy) is 1. The molecular weight excluding hydrogens is 328 g/mol. The number of esters is 1. The first-order chi connectivity index (χ1) is 11.4. The van der Waals surface area contributed by atoms with Gasteiger partial charge in [-0.2, -0.15) is 0 Å². The van der Waals surface area contributed by atoms with E-state index in [0.29, 0.717) is 16.4 Å². The number of nitrogens with one attached hydrogen (secondary N) is 2. The first kappa shape index (κ1) is 18.0. The van der Waals surface area contributed by atoms with Crippen LogP contribution in [0.15, 0.2) is 23.4 Å². The molecule has 0 fully saturated rings. The standard InChI is InChI=1S/C16H20N4O3S/c1-9(2)14-18-16(20-19-14)24-8-13(21)17-12-7-11(15(22)23-4)6-5-10(12)3/h5-7,9H,8H2,1-4H3,(H,17,21)(H,18,19,20). The summed E-state index contributed by atoms with van der Waals surface area (Å²) in [7, 11) is 1.32. The molecule has 0 aliphatic heterocycles. The minimum Gasteiger partial charge on any atom is -0.465 e. The Morgan fingerprint density at radius 3 is 2.75 bits per heavy atom. The number of aromatic amines is 1. The molecule has 128 valence electrons. The zero-order valence-electron chi connectivity index (χ0n) is 14.0. The number of rotatable bonds is 6. The van der Waals surface area contributed by atoms with Gasteiger partial charge in [-0.3, -0.25) is 9.89 Å². The molecule has 0 atom stereocenters. The number of hydrogen-bond acceptors (Lipinski definition) is 6. The molecule has 1 heterocycles. The fourth-order valence-corrected chi connectivity index (χ4v) is 2.50. The van der Waals surface area contributed by atoms with Crippen LogP contribution >= 0.6 is 11.8 Å². The van der Waals surface area contributed by atoms with Crippen molar-refractivity contribution in [3.63, 3.8) is 0 Å². The maximum Gasteiger partial charge on any atom is 0.337 e. The average Bonchev–Trinajstić information content (AvgIpc) is 3.03. The topological polar surface area (TPSA) is 97.0 Å². The minimum absolute atomic E-state index is 0.178. The molecule has 1 aromatic heterocycles. The van der Waals surface area contributed by atoms with E-state index in [1.54, 1.807) is 18.2 Å². The van der Waals surface area contributed by atoms with Gasteiger partial charge in [-0.15, -0.1) is 5.10 Å². The molecular formula is C16H20N4O3S. The summed E-state index contributed by atoms with van der Waals surface area (Å²) in [6.45, 7) is 5.88. The van der Waals surface area contributed by atoms with Gasteiger partial charge in [0.25, 0.3) is 0 Å². The molecule has 2 rings (SSSR count). The highest BCUT2D eigenvalue weighted by Gasteiger charge is 2.12. The summed E-state index contributed by atoms with van der Waals surface area (Å²) in [6.07, 6.45) is 0. The zero-order valence-corrected chi connectivity index (χ0v) is 14.9. The Kier molecular flexibility index (Phi) is 5.97. The van der Waals surface area contributed by atoms with Gasteiger partial charge in [0, 0.05) is 11.6 Å². The van der Waals surface area contributed by atoms with E-state index in [0.717, 1.165) is 11.4 Å². The van der Waals surface area contributed by atoms with Crippen LogP contribution in [-0.2, 0) is 9.53 Å². The fraction of sp³-hybridized carbons (Fsp3) is 0.375. The lowest BCUT2D eigenvalue weighted by Crippen LogP contribution is -2.15. The number of H-pyrrole nitrogens is 1. The molecule has 0 aliphatic carbocycles. The molecule has 0 unspecified atom stereocenters. The molecule has 0 aliphatic rings. The van der Waals surface area contributed by atoms with Gasteiger partial charge in [-0.05, 0) is 24.6 Å². The van der Waals surface area contributed by atoms with E-state index in [-0.39, 0.29) is 17.6 Å². The number of nitrogens with zero attached hydrogens (tertiary/aromatic N) is 2. The van der Waals surface area contributed by atoms with Crippen molar-refractivity contribution >= 4 is 29.3 Å². The van der Waals surface area contributed by atoms with E-state index in [1.807, 2.05) is 20.8 Å². The van der Waals surface area contributed by atoms with Crippen LogP contribution < -0.4 is 5.32 Å². The highest BCUT2D eigenvalue weighted by molar-refractivity contribution is 7.99. The van der Waals surface area contributed by atoms with E-state index in [9.17, 15) is 9.59 Å². The molecule has 0 bridgehead atoms. The Labute approximate surface area is 144 Å². The lowest BCUT2D eigenvalue weighted by Gasteiger charge is -2.09. The molecule has 0 saturated carbocycles. The quantitative estimate of drug-likeness (QED) is 0.615. The van der Waals surface area contributed by atoms with Gasteiger partial charge < -0.3 is 10.1 Å². The average molecular weight is 348 g/mol. The molecule has 0 spiro atoms. The summed E-state index contributed by atoms with van der Waals surface area (Å²) in [5.41, 5.74) is 1.84. The van der Waals surface area contributed by atoms with Crippen LogP contribution in [0.4, 0.5) is 5.69 Å². The van der Waals surface area contributed by atoms with Crippen molar-refractivity contribution < 1.29 is 14.3 Å². The third-order valence-corrected chi connectivity index (χ3v) is 4.14. The van der Waals surface area contributed by atoms with Crippen molar-refractivity contribution in [3.05, 3.63) is 35.2 Å². The molecule has 24 heavy (non-hydrogen) atoms. The number of aryl methyl sites for hydroxylation is 1. The van der Waals surface area contributed by atoms with Gasteiger partial charge in [0.1, 0.15) is 5.82 Å². The maximum absolute atomic E-state index is 12.1. The highest BCUT2D eigenvalue weighted by Crippen LogP contribution is 2.20. The number of amides is 1. The summed E-state index contributed by atoms with van der Waals surface area (Å²) in [5, 5.41) is 10.2. The van der Waals surface area contributed by atoms with Crippen LogP contribution in [0, 0.1) is 6.92 Å². The first-order valence-electron chi connectivity index (χ1n) is 7.44. The fourth-order valence-electron chi connectivity index (χ4n) is 1.90. The van der Waals surface area contributed by atoms with Crippen LogP contribution in [0.2, 0.25) is 0 Å². The SMILES string of the molecule is COC(=O)c1ccc(C)c(NC(=O)CSc2n[nH]c(C(C)C)n2)c1. The normalized spacial score (nSPS) is 10.7. The van der Waals surface area contributed by atoms with Crippen LogP contribution in [0.1, 0.15) is 41.5 Å². The van der Waals surface area contributed by atoms with Gasteiger partial charge in [0.15, 0.2) is 0 Å². The van der Waals surface area contributed by atoms with E-state index in [1.165, 1.54) is 18.9 Å². The van der Waals surface area contributed by atoms with Crippen LogP contribution in [0.25, 0.3) is 0 Å². The van der Waals surface area contributed by atoms with Crippen molar-refractivity contribution in [2.75, 3.05) is 18.2 Å². The van der Waals surface area contributed by atoms with Crippen molar-refractivity contribution in [1.29, 1.82) is 0 Å². The largest absolute Gasteiger partial charge is 0.465 e. The predicted molar refractivity (Wildman–Crippen MR) is 92.3 cm³/mol. The molecule has 2 aromatic rings. The third-order valence-electron chi connectivity index (χ3n) is 3.29. The van der Waals surface area contributed by atoms with Gasteiger partial charge in [-0.25, -0.2) is 9.78 Å². The predicted octanol–water partition coefficient (Wildman–Crippen LogP) is 2.75. The molecule has 0 radical (unpaired) electrons. The third kappa shape index (κ3) is 4.58. The Hall–Kier alpha value is -2.35. The molecule has 1 aromatic carbocycles. The van der Waals surface area contributed by atoms with E-state index < -0.39 is 5.97 Å². The number of benzene rings is 1. The summed E-state index contributed by atoms with van der Waals surface area (Å²) in [6, 6.07) is 5.03. The van der Waals surface area contributed by atoms with E-state index >= 15 is 0 Å². The van der Waals surface area contributed by atoms with Gasteiger partial charge in [-0.1, -0.05) is 31.7 Å². The van der Waals surface area contributed by atoms with Crippen LogP contribution in [0.3, 0.4) is 0 Å². The summed E-state index contributed by atoms with van der Waals surface area (Å²) >= 11 is 1.25. The monoisotopic (exact) mass is 348 g/mol.